The molecule has 1 aromatic carbocycles. The van der Waals surface area contributed by atoms with Crippen LogP contribution in [-0.4, -0.2) is 49.0 Å². The highest BCUT2D eigenvalue weighted by atomic mass is 19.1. The number of rotatable bonds is 7. The maximum absolute atomic E-state index is 13.0. The van der Waals surface area contributed by atoms with E-state index in [0.29, 0.717) is 32.2 Å². The van der Waals surface area contributed by atoms with Gasteiger partial charge in [0, 0.05) is 18.5 Å². The minimum atomic E-state index is -0.513. The zero-order chi connectivity index (χ0) is 19.8. The average molecular weight is 379 g/mol. The molecule has 1 aliphatic heterocycles. The minimum Gasteiger partial charge on any atom is -0.466 e. The van der Waals surface area contributed by atoms with Crippen molar-refractivity contribution in [1.82, 2.24) is 4.90 Å². The Labute approximate surface area is 158 Å². The molecule has 0 bridgehead atoms. The van der Waals surface area contributed by atoms with E-state index in [-0.39, 0.29) is 36.6 Å². The number of piperidine rings is 1. The quantitative estimate of drug-likeness (QED) is 0.538. The molecule has 1 fully saturated rings. The normalized spacial score (nSPS) is 19.4. The van der Waals surface area contributed by atoms with Gasteiger partial charge >= 0.3 is 12.1 Å². The lowest BCUT2D eigenvalue weighted by Gasteiger charge is -2.38. The number of ketones is 1. The zero-order valence-corrected chi connectivity index (χ0v) is 15.8. The number of hydrogen-bond acceptors (Lipinski definition) is 5. The van der Waals surface area contributed by atoms with Crippen LogP contribution in [0.3, 0.4) is 0 Å². The van der Waals surface area contributed by atoms with Gasteiger partial charge in [-0.1, -0.05) is 12.1 Å². The zero-order valence-electron chi connectivity index (χ0n) is 15.8. The van der Waals surface area contributed by atoms with Gasteiger partial charge in [0.1, 0.15) is 18.0 Å². The Hall–Kier alpha value is -2.44. The summed E-state index contributed by atoms with van der Waals surface area (Å²) in [6.45, 7) is 2.34. The van der Waals surface area contributed by atoms with Gasteiger partial charge in [0.2, 0.25) is 0 Å². The first kappa shape index (κ1) is 20.9. The Bertz CT molecular complexity index is 661. The molecule has 2 atom stereocenters. The topological polar surface area (TPSA) is 72.9 Å². The number of amides is 1. The van der Waals surface area contributed by atoms with Crippen molar-refractivity contribution in [2.24, 2.45) is 5.92 Å². The number of methoxy groups -OCH3 is 1. The number of halogens is 1. The largest absolute Gasteiger partial charge is 0.466 e. The van der Waals surface area contributed by atoms with Gasteiger partial charge in [-0.2, -0.15) is 0 Å². The predicted molar refractivity (Wildman–Crippen MR) is 96.6 cm³/mol. The number of carbonyl (C=O) groups is 3. The predicted octanol–water partition coefficient (Wildman–Crippen LogP) is 3.13. The van der Waals surface area contributed by atoms with Gasteiger partial charge in [0.05, 0.1) is 13.7 Å². The van der Waals surface area contributed by atoms with E-state index in [1.165, 1.54) is 19.2 Å². The lowest BCUT2D eigenvalue weighted by molar-refractivity contribution is -0.146. The smallest absolute Gasteiger partial charge is 0.409 e. The molecule has 1 heterocycles. The maximum Gasteiger partial charge on any atom is 0.409 e. The highest BCUT2D eigenvalue weighted by Gasteiger charge is 2.35. The summed E-state index contributed by atoms with van der Waals surface area (Å²) in [4.78, 5) is 37.7. The van der Waals surface area contributed by atoms with Crippen LogP contribution in [0.1, 0.15) is 38.2 Å². The summed E-state index contributed by atoms with van der Waals surface area (Å²) in [5.74, 6) is -1.24. The molecule has 1 amide bonds. The highest BCUT2D eigenvalue weighted by molar-refractivity contribution is 5.96. The van der Waals surface area contributed by atoms with Crippen molar-refractivity contribution < 1.29 is 28.2 Å². The first-order valence-corrected chi connectivity index (χ1v) is 9.22. The Balaban J connectivity index is 2.01. The molecule has 148 valence electrons. The number of benzene rings is 1. The fraction of sp³-hybridized carbons (Fsp3) is 0.550. The number of aryl methyl sites for hydroxylation is 1. The van der Waals surface area contributed by atoms with Crippen molar-refractivity contribution >= 4 is 17.8 Å². The summed E-state index contributed by atoms with van der Waals surface area (Å²) >= 11 is 0. The summed E-state index contributed by atoms with van der Waals surface area (Å²) in [6.07, 6.45) is 1.60. The van der Waals surface area contributed by atoms with E-state index in [0.717, 1.165) is 5.56 Å². The van der Waals surface area contributed by atoms with Crippen molar-refractivity contribution in [3.8, 4) is 0 Å². The van der Waals surface area contributed by atoms with Gasteiger partial charge < -0.3 is 14.4 Å². The summed E-state index contributed by atoms with van der Waals surface area (Å²) in [5, 5.41) is 0. The second kappa shape index (κ2) is 10.0. The second-order valence-electron chi connectivity index (χ2n) is 6.65. The Kier molecular flexibility index (Phi) is 7.76. The Morgan fingerprint density at radius 3 is 2.56 bits per heavy atom. The number of nitrogens with zero attached hydrogens (tertiary/aromatic N) is 1. The van der Waals surface area contributed by atoms with Gasteiger partial charge in [-0.25, -0.2) is 9.18 Å². The molecule has 0 aliphatic carbocycles. The fourth-order valence-electron chi connectivity index (χ4n) is 3.46. The van der Waals surface area contributed by atoms with Gasteiger partial charge in [-0.3, -0.25) is 9.59 Å². The summed E-state index contributed by atoms with van der Waals surface area (Å²) in [5.41, 5.74) is 0.959. The van der Waals surface area contributed by atoms with Crippen LogP contribution in [0.4, 0.5) is 9.18 Å². The van der Waals surface area contributed by atoms with Gasteiger partial charge in [-0.15, -0.1) is 0 Å². The SMILES string of the molecule is CCOC(=O)CC(=O)C1CCN(C(=O)OC)C(CCc2ccc(F)cc2)C1. The molecule has 1 aliphatic rings. The van der Waals surface area contributed by atoms with Crippen LogP contribution < -0.4 is 0 Å². The molecule has 0 spiro atoms. The fourth-order valence-corrected chi connectivity index (χ4v) is 3.46. The maximum atomic E-state index is 13.0. The third kappa shape index (κ3) is 6.05. The number of carbonyl (C=O) groups excluding carboxylic acids is 3. The molecule has 0 radical (unpaired) electrons. The van der Waals surface area contributed by atoms with E-state index >= 15 is 0 Å². The van der Waals surface area contributed by atoms with E-state index in [1.807, 2.05) is 0 Å². The molecule has 0 saturated carbocycles. The molecular formula is C20H26FNO5. The molecule has 7 heteroatoms. The number of esters is 1. The van der Waals surface area contributed by atoms with E-state index < -0.39 is 12.1 Å². The van der Waals surface area contributed by atoms with Gasteiger partial charge in [-0.05, 0) is 50.3 Å². The Morgan fingerprint density at radius 2 is 1.93 bits per heavy atom. The number of Topliss-reactive ketones (excluding diaryl/α,β-unsaturated/α-hetero) is 1. The van der Waals surface area contributed by atoms with E-state index in [4.69, 9.17) is 9.47 Å². The third-order valence-electron chi connectivity index (χ3n) is 4.88. The van der Waals surface area contributed by atoms with Crippen molar-refractivity contribution in [1.29, 1.82) is 0 Å². The van der Waals surface area contributed by atoms with Crippen LogP contribution in [0, 0.1) is 11.7 Å². The molecule has 0 aromatic heterocycles. The van der Waals surface area contributed by atoms with Crippen LogP contribution in [0.2, 0.25) is 0 Å². The third-order valence-corrected chi connectivity index (χ3v) is 4.88. The molecular weight excluding hydrogens is 353 g/mol. The summed E-state index contributed by atoms with van der Waals surface area (Å²) in [6, 6.07) is 6.06. The van der Waals surface area contributed by atoms with Crippen LogP contribution in [0.25, 0.3) is 0 Å². The molecule has 2 unspecified atom stereocenters. The molecule has 1 saturated heterocycles. The molecule has 0 N–H and O–H groups in total. The van der Waals surface area contributed by atoms with Crippen molar-refractivity contribution in [3.05, 3.63) is 35.6 Å². The lowest BCUT2D eigenvalue weighted by Crippen LogP contribution is -2.47. The van der Waals surface area contributed by atoms with Crippen LogP contribution in [0.15, 0.2) is 24.3 Å². The lowest BCUT2D eigenvalue weighted by atomic mass is 9.84. The monoisotopic (exact) mass is 379 g/mol. The number of ether oxygens (including phenoxy) is 2. The van der Waals surface area contributed by atoms with Crippen molar-refractivity contribution in [2.75, 3.05) is 20.3 Å². The van der Waals surface area contributed by atoms with E-state index in [2.05, 4.69) is 0 Å². The molecule has 6 nitrogen and oxygen atoms in total. The minimum absolute atomic E-state index is 0.148. The van der Waals surface area contributed by atoms with E-state index in [9.17, 15) is 18.8 Å². The van der Waals surface area contributed by atoms with Crippen LogP contribution in [0.5, 0.6) is 0 Å². The van der Waals surface area contributed by atoms with Gasteiger partial charge in [0.25, 0.3) is 0 Å². The van der Waals surface area contributed by atoms with Crippen LogP contribution >= 0.6 is 0 Å². The molecule has 1 aromatic rings. The van der Waals surface area contributed by atoms with E-state index in [1.54, 1.807) is 24.0 Å². The summed E-state index contributed by atoms with van der Waals surface area (Å²) < 4.78 is 22.8. The average Bonchev–Trinajstić information content (AvgIpc) is 2.66. The van der Waals surface area contributed by atoms with Crippen molar-refractivity contribution in [2.45, 2.75) is 45.1 Å². The first-order chi connectivity index (χ1) is 12.9. The van der Waals surface area contributed by atoms with Crippen LogP contribution in [-0.2, 0) is 25.5 Å². The molecule has 27 heavy (non-hydrogen) atoms. The Morgan fingerprint density at radius 1 is 1.22 bits per heavy atom. The van der Waals surface area contributed by atoms with Gasteiger partial charge in [0.15, 0.2) is 0 Å². The number of likely N-dealkylation sites (tertiary alicyclic amines) is 1. The molecule has 2 rings (SSSR count). The van der Waals surface area contributed by atoms with Crippen molar-refractivity contribution in [3.63, 3.8) is 0 Å². The standard InChI is InChI=1S/C20H26FNO5/c1-3-27-19(24)13-18(23)15-10-11-22(20(25)26-2)17(12-15)9-6-14-4-7-16(21)8-5-14/h4-5,7-8,15,17H,3,6,9-13H2,1-2H3. The first-order valence-electron chi connectivity index (χ1n) is 9.22. The second-order valence-corrected chi connectivity index (χ2v) is 6.65. The number of hydrogen-bond donors (Lipinski definition) is 0. The summed E-state index contributed by atoms with van der Waals surface area (Å²) in [7, 11) is 1.33. The highest BCUT2D eigenvalue weighted by Crippen LogP contribution is 2.28.